The summed E-state index contributed by atoms with van der Waals surface area (Å²) < 4.78 is 0. The van der Waals surface area contributed by atoms with Crippen molar-refractivity contribution in [3.8, 4) is 0 Å². The van der Waals surface area contributed by atoms with E-state index in [1.807, 2.05) is 12.4 Å². The molecule has 0 radical (unpaired) electrons. The number of aryl methyl sites for hydroxylation is 1. The maximum atomic E-state index is 4.41. The van der Waals surface area contributed by atoms with Gasteiger partial charge in [0.25, 0.3) is 0 Å². The van der Waals surface area contributed by atoms with E-state index in [4.69, 9.17) is 0 Å². The van der Waals surface area contributed by atoms with Crippen molar-refractivity contribution in [2.24, 2.45) is 5.92 Å². The van der Waals surface area contributed by atoms with Gasteiger partial charge >= 0.3 is 0 Å². The van der Waals surface area contributed by atoms with Crippen LogP contribution in [0.1, 0.15) is 37.6 Å². The molecule has 2 nitrogen and oxygen atoms in total. The highest BCUT2D eigenvalue weighted by molar-refractivity contribution is 5.13. The lowest BCUT2D eigenvalue weighted by Gasteiger charge is -2.09. The topological polar surface area (TPSA) is 25.8 Å². The van der Waals surface area contributed by atoms with Crippen LogP contribution in [0.25, 0.3) is 0 Å². The first-order chi connectivity index (χ1) is 6.40. The van der Waals surface area contributed by atoms with Gasteiger partial charge in [0.1, 0.15) is 0 Å². The van der Waals surface area contributed by atoms with Gasteiger partial charge in [-0.05, 0) is 31.6 Å². The van der Waals surface area contributed by atoms with Gasteiger partial charge in [0.2, 0.25) is 0 Å². The van der Waals surface area contributed by atoms with Gasteiger partial charge in [-0.15, -0.1) is 0 Å². The Balaban J connectivity index is 2.23. The van der Waals surface area contributed by atoms with Gasteiger partial charge in [0, 0.05) is 12.4 Å². The largest absolute Gasteiger partial charge is 0.258 e. The second-order valence-electron chi connectivity index (χ2n) is 3.82. The van der Waals surface area contributed by atoms with Crippen LogP contribution in [0.5, 0.6) is 0 Å². The number of rotatable bonds is 1. The zero-order valence-electron chi connectivity index (χ0n) is 8.16. The molecule has 1 aromatic heterocycles. The normalized spacial score (nSPS) is 22.1. The number of fused-ring (bicyclic) bond motifs is 1. The summed E-state index contributed by atoms with van der Waals surface area (Å²) in [6, 6.07) is 0. The molecule has 0 aliphatic heterocycles. The standard InChI is InChI=1S/C11H16N2/c1-2-9-4-3-5-10-11(8-9)13-7-6-12-10/h6-7,9H,2-5,8H2,1H3. The van der Waals surface area contributed by atoms with Crippen molar-refractivity contribution < 1.29 is 0 Å². The van der Waals surface area contributed by atoms with E-state index in [0.29, 0.717) is 0 Å². The predicted molar refractivity (Wildman–Crippen MR) is 52.5 cm³/mol. The third-order valence-electron chi connectivity index (χ3n) is 2.95. The third-order valence-corrected chi connectivity index (χ3v) is 2.95. The van der Waals surface area contributed by atoms with E-state index in [0.717, 1.165) is 18.8 Å². The van der Waals surface area contributed by atoms with Crippen LogP contribution in [-0.4, -0.2) is 9.97 Å². The first-order valence-electron chi connectivity index (χ1n) is 5.19. The van der Waals surface area contributed by atoms with E-state index in [1.54, 1.807) is 0 Å². The van der Waals surface area contributed by atoms with Gasteiger partial charge < -0.3 is 0 Å². The van der Waals surface area contributed by atoms with E-state index >= 15 is 0 Å². The van der Waals surface area contributed by atoms with Crippen molar-refractivity contribution in [2.45, 2.75) is 39.0 Å². The minimum absolute atomic E-state index is 0.831. The van der Waals surface area contributed by atoms with E-state index in [-0.39, 0.29) is 0 Å². The fourth-order valence-corrected chi connectivity index (χ4v) is 2.06. The molecule has 0 saturated carbocycles. The first kappa shape index (κ1) is 8.67. The van der Waals surface area contributed by atoms with Gasteiger partial charge in [-0.1, -0.05) is 13.3 Å². The summed E-state index contributed by atoms with van der Waals surface area (Å²) in [5.41, 5.74) is 2.48. The van der Waals surface area contributed by atoms with E-state index < -0.39 is 0 Å². The highest BCUT2D eigenvalue weighted by Gasteiger charge is 2.16. The molecule has 1 aliphatic rings. The maximum Gasteiger partial charge on any atom is 0.0621 e. The van der Waals surface area contributed by atoms with Crippen LogP contribution in [-0.2, 0) is 12.8 Å². The van der Waals surface area contributed by atoms with Crippen molar-refractivity contribution in [1.82, 2.24) is 9.97 Å². The lowest BCUT2D eigenvalue weighted by Crippen LogP contribution is -2.03. The molecule has 1 aromatic rings. The molecule has 1 atom stereocenters. The van der Waals surface area contributed by atoms with Crippen molar-refractivity contribution >= 4 is 0 Å². The Kier molecular flexibility index (Phi) is 2.57. The van der Waals surface area contributed by atoms with Crippen molar-refractivity contribution in [2.75, 3.05) is 0 Å². The summed E-state index contributed by atoms with van der Waals surface area (Å²) in [5.74, 6) is 0.831. The minimum Gasteiger partial charge on any atom is -0.258 e. The summed E-state index contributed by atoms with van der Waals surface area (Å²) in [6.07, 6.45) is 9.79. The second-order valence-corrected chi connectivity index (χ2v) is 3.82. The van der Waals surface area contributed by atoms with Gasteiger partial charge in [0.15, 0.2) is 0 Å². The fraction of sp³-hybridized carbons (Fsp3) is 0.636. The van der Waals surface area contributed by atoms with Crippen LogP contribution >= 0.6 is 0 Å². The maximum absolute atomic E-state index is 4.41. The third kappa shape index (κ3) is 1.87. The molecule has 2 heteroatoms. The average Bonchev–Trinajstić information content (AvgIpc) is 2.38. The lowest BCUT2D eigenvalue weighted by atomic mass is 9.97. The quantitative estimate of drug-likeness (QED) is 0.614. The SMILES string of the molecule is CCC1CCCc2nccnc2C1. The molecular weight excluding hydrogens is 160 g/mol. The molecule has 0 spiro atoms. The molecule has 0 saturated heterocycles. The Morgan fingerprint density at radius 2 is 2.08 bits per heavy atom. The van der Waals surface area contributed by atoms with Crippen LogP contribution < -0.4 is 0 Å². The monoisotopic (exact) mass is 176 g/mol. The van der Waals surface area contributed by atoms with E-state index in [1.165, 1.54) is 30.7 Å². The van der Waals surface area contributed by atoms with Crippen LogP contribution in [0.2, 0.25) is 0 Å². The molecule has 0 N–H and O–H groups in total. The summed E-state index contributed by atoms with van der Waals surface area (Å²) >= 11 is 0. The van der Waals surface area contributed by atoms with Gasteiger partial charge in [-0.2, -0.15) is 0 Å². The number of hydrogen-bond donors (Lipinski definition) is 0. The van der Waals surface area contributed by atoms with Crippen LogP contribution in [0.4, 0.5) is 0 Å². The Morgan fingerprint density at radius 3 is 2.85 bits per heavy atom. The highest BCUT2D eigenvalue weighted by Crippen LogP contribution is 2.23. The number of hydrogen-bond acceptors (Lipinski definition) is 2. The van der Waals surface area contributed by atoms with Crippen molar-refractivity contribution in [1.29, 1.82) is 0 Å². The number of nitrogens with zero attached hydrogens (tertiary/aromatic N) is 2. The summed E-state index contributed by atoms with van der Waals surface area (Å²) in [4.78, 5) is 8.80. The predicted octanol–water partition coefficient (Wildman–Crippen LogP) is 2.38. The Bertz CT molecular complexity index is 283. The zero-order chi connectivity index (χ0) is 9.10. The van der Waals surface area contributed by atoms with Crippen molar-refractivity contribution in [3.63, 3.8) is 0 Å². The molecule has 1 aliphatic carbocycles. The Morgan fingerprint density at radius 1 is 1.31 bits per heavy atom. The van der Waals surface area contributed by atoms with Gasteiger partial charge in [-0.3, -0.25) is 9.97 Å². The highest BCUT2D eigenvalue weighted by atomic mass is 14.8. The Hall–Kier alpha value is -0.920. The minimum atomic E-state index is 0.831. The second kappa shape index (κ2) is 3.86. The number of aromatic nitrogens is 2. The molecule has 1 heterocycles. The fourth-order valence-electron chi connectivity index (χ4n) is 2.06. The van der Waals surface area contributed by atoms with Gasteiger partial charge in [0.05, 0.1) is 11.4 Å². The van der Waals surface area contributed by atoms with Gasteiger partial charge in [-0.25, -0.2) is 0 Å². The summed E-state index contributed by atoms with van der Waals surface area (Å²) in [7, 11) is 0. The van der Waals surface area contributed by atoms with Crippen molar-refractivity contribution in [3.05, 3.63) is 23.8 Å². The molecule has 0 aromatic carbocycles. The molecule has 0 amide bonds. The van der Waals surface area contributed by atoms with Crippen LogP contribution in [0.3, 0.4) is 0 Å². The molecule has 0 fully saturated rings. The van der Waals surface area contributed by atoms with Crippen LogP contribution in [0.15, 0.2) is 12.4 Å². The molecule has 13 heavy (non-hydrogen) atoms. The average molecular weight is 176 g/mol. The molecule has 0 bridgehead atoms. The molecule has 1 unspecified atom stereocenters. The van der Waals surface area contributed by atoms with E-state index in [9.17, 15) is 0 Å². The molecule has 2 rings (SSSR count). The molecule has 70 valence electrons. The zero-order valence-corrected chi connectivity index (χ0v) is 8.16. The lowest BCUT2D eigenvalue weighted by molar-refractivity contribution is 0.463. The van der Waals surface area contributed by atoms with Crippen LogP contribution in [0, 0.1) is 5.92 Å². The summed E-state index contributed by atoms with van der Waals surface area (Å²) in [5, 5.41) is 0. The first-order valence-corrected chi connectivity index (χ1v) is 5.19. The van der Waals surface area contributed by atoms with E-state index in [2.05, 4.69) is 16.9 Å². The molecular formula is C11H16N2. The Labute approximate surface area is 79.4 Å². The smallest absolute Gasteiger partial charge is 0.0621 e. The summed E-state index contributed by atoms with van der Waals surface area (Å²) in [6.45, 7) is 2.27.